The van der Waals surface area contributed by atoms with E-state index in [9.17, 15) is 4.79 Å². The average molecular weight is 282 g/mol. The van der Waals surface area contributed by atoms with Crippen molar-refractivity contribution in [3.63, 3.8) is 0 Å². The van der Waals surface area contributed by atoms with E-state index in [0.29, 0.717) is 6.61 Å². The summed E-state index contributed by atoms with van der Waals surface area (Å²) >= 11 is 0. The van der Waals surface area contributed by atoms with Crippen LogP contribution < -0.4 is 4.74 Å². The minimum Gasteiger partial charge on any atom is -0.488 e. The molecule has 3 nitrogen and oxygen atoms in total. The van der Waals surface area contributed by atoms with Gasteiger partial charge in [0.05, 0.1) is 0 Å². The van der Waals surface area contributed by atoms with Crippen LogP contribution in [0.25, 0.3) is 11.1 Å². The highest BCUT2D eigenvalue weighted by Gasteiger charge is 2.16. The van der Waals surface area contributed by atoms with Crippen molar-refractivity contribution in [2.75, 3.05) is 0 Å². The van der Waals surface area contributed by atoms with E-state index in [4.69, 9.17) is 9.84 Å². The third-order valence-corrected chi connectivity index (χ3v) is 3.84. The summed E-state index contributed by atoms with van der Waals surface area (Å²) in [7, 11) is 0. The number of benzene rings is 2. The lowest BCUT2D eigenvalue weighted by Crippen LogP contribution is -2.05. The zero-order valence-corrected chi connectivity index (χ0v) is 11.8. The van der Waals surface area contributed by atoms with Gasteiger partial charge in [-0.05, 0) is 42.0 Å². The van der Waals surface area contributed by atoms with Gasteiger partial charge in [0.25, 0.3) is 0 Å². The number of carbonyl (C=O) groups is 1. The Labute approximate surface area is 124 Å². The largest absolute Gasteiger partial charge is 0.488 e. The molecule has 1 N–H and O–H groups in total. The summed E-state index contributed by atoms with van der Waals surface area (Å²) in [5.74, 6) is 0.213. The first kappa shape index (κ1) is 13.7. The molecule has 0 saturated carbocycles. The fourth-order valence-electron chi connectivity index (χ4n) is 2.73. The summed E-state index contributed by atoms with van der Waals surface area (Å²) in [6.07, 6.45) is 2.75. The predicted octanol–water partition coefficient (Wildman–Crippen LogP) is 4.04. The first-order valence-corrected chi connectivity index (χ1v) is 7.30. The lowest BCUT2D eigenvalue weighted by molar-refractivity contribution is -0.137. The zero-order chi connectivity index (χ0) is 14.7. The van der Waals surface area contributed by atoms with Gasteiger partial charge >= 0.3 is 5.97 Å². The molecule has 0 bridgehead atoms. The van der Waals surface area contributed by atoms with Crippen molar-refractivity contribution in [1.82, 2.24) is 0 Å². The number of rotatable bonds is 5. The molecule has 0 atom stereocenters. The highest BCUT2D eigenvalue weighted by Crippen LogP contribution is 2.37. The van der Waals surface area contributed by atoms with Crippen molar-refractivity contribution in [1.29, 1.82) is 0 Å². The van der Waals surface area contributed by atoms with Gasteiger partial charge in [0.15, 0.2) is 0 Å². The summed E-state index contributed by atoms with van der Waals surface area (Å²) in [6, 6.07) is 14.6. The quantitative estimate of drug-likeness (QED) is 0.842. The second-order valence-corrected chi connectivity index (χ2v) is 5.38. The van der Waals surface area contributed by atoms with E-state index in [1.807, 2.05) is 12.1 Å². The smallest absolute Gasteiger partial charge is 0.303 e. The molecule has 1 heterocycles. The topological polar surface area (TPSA) is 46.5 Å². The molecular weight excluding hydrogens is 264 g/mol. The fraction of sp³-hybridized carbons (Fsp3) is 0.278. The van der Waals surface area contributed by atoms with Gasteiger partial charge in [-0.2, -0.15) is 0 Å². The Balaban J connectivity index is 1.73. The molecule has 0 radical (unpaired) electrons. The van der Waals surface area contributed by atoms with Crippen LogP contribution in [0.2, 0.25) is 0 Å². The lowest BCUT2D eigenvalue weighted by atomic mass is 9.95. The third kappa shape index (κ3) is 3.07. The molecule has 1 aliphatic heterocycles. The van der Waals surface area contributed by atoms with Crippen LogP contribution in [0.3, 0.4) is 0 Å². The molecule has 2 aromatic carbocycles. The van der Waals surface area contributed by atoms with Crippen molar-refractivity contribution < 1.29 is 14.6 Å². The monoisotopic (exact) mass is 282 g/mol. The molecule has 0 amide bonds. The minimum atomic E-state index is -0.722. The Morgan fingerprint density at radius 3 is 2.81 bits per heavy atom. The van der Waals surface area contributed by atoms with Crippen molar-refractivity contribution in [3.8, 4) is 16.9 Å². The molecule has 21 heavy (non-hydrogen) atoms. The molecule has 0 fully saturated rings. The van der Waals surface area contributed by atoms with E-state index >= 15 is 0 Å². The molecule has 0 saturated heterocycles. The van der Waals surface area contributed by atoms with E-state index < -0.39 is 5.97 Å². The van der Waals surface area contributed by atoms with Gasteiger partial charge in [-0.3, -0.25) is 4.79 Å². The maximum absolute atomic E-state index is 10.5. The van der Waals surface area contributed by atoms with Crippen molar-refractivity contribution >= 4 is 5.97 Å². The summed E-state index contributed by atoms with van der Waals surface area (Å²) < 4.78 is 5.84. The molecule has 108 valence electrons. The van der Waals surface area contributed by atoms with E-state index in [-0.39, 0.29) is 6.42 Å². The molecule has 1 aliphatic rings. The van der Waals surface area contributed by atoms with Crippen molar-refractivity contribution in [2.24, 2.45) is 0 Å². The van der Waals surface area contributed by atoms with E-state index in [1.165, 1.54) is 16.7 Å². The van der Waals surface area contributed by atoms with Gasteiger partial charge in [0.2, 0.25) is 0 Å². The van der Waals surface area contributed by atoms with E-state index in [0.717, 1.165) is 30.6 Å². The van der Waals surface area contributed by atoms with Crippen LogP contribution in [0.1, 0.15) is 30.4 Å². The first-order chi connectivity index (χ1) is 10.2. The second-order valence-electron chi connectivity index (χ2n) is 5.38. The Hall–Kier alpha value is -2.29. The fourth-order valence-corrected chi connectivity index (χ4v) is 2.73. The summed E-state index contributed by atoms with van der Waals surface area (Å²) in [5.41, 5.74) is 4.82. The Kier molecular flexibility index (Phi) is 3.91. The Bertz CT molecular complexity index is 661. The summed E-state index contributed by atoms with van der Waals surface area (Å²) in [5, 5.41) is 8.64. The van der Waals surface area contributed by atoms with Gasteiger partial charge in [0.1, 0.15) is 12.4 Å². The molecule has 3 rings (SSSR count). The number of ether oxygens (including phenoxy) is 1. The van der Waals surface area contributed by atoms with Crippen LogP contribution in [-0.4, -0.2) is 11.1 Å². The van der Waals surface area contributed by atoms with Crippen molar-refractivity contribution in [3.05, 3.63) is 53.6 Å². The van der Waals surface area contributed by atoms with Gasteiger partial charge in [-0.25, -0.2) is 0 Å². The number of fused-ring (bicyclic) bond motifs is 3. The predicted molar refractivity (Wildman–Crippen MR) is 81.4 cm³/mol. The molecule has 0 spiro atoms. The summed E-state index contributed by atoms with van der Waals surface area (Å²) in [4.78, 5) is 10.5. The lowest BCUT2D eigenvalue weighted by Gasteiger charge is -2.21. The summed E-state index contributed by atoms with van der Waals surface area (Å²) in [6.45, 7) is 0.617. The van der Waals surface area contributed by atoms with Gasteiger partial charge in [-0.1, -0.05) is 36.4 Å². The maximum Gasteiger partial charge on any atom is 0.303 e. The molecular formula is C18H18O3. The number of hydrogen-bond acceptors (Lipinski definition) is 2. The van der Waals surface area contributed by atoms with E-state index in [2.05, 4.69) is 30.3 Å². The number of hydrogen-bond donors (Lipinski definition) is 1. The van der Waals surface area contributed by atoms with Gasteiger partial charge in [0, 0.05) is 12.0 Å². The minimum absolute atomic E-state index is 0.245. The van der Waals surface area contributed by atoms with E-state index in [1.54, 1.807) is 0 Å². The highest BCUT2D eigenvalue weighted by molar-refractivity contribution is 5.75. The second kappa shape index (κ2) is 6.00. The average Bonchev–Trinajstić information content (AvgIpc) is 2.51. The van der Waals surface area contributed by atoms with Crippen LogP contribution in [0.4, 0.5) is 0 Å². The van der Waals surface area contributed by atoms with Crippen molar-refractivity contribution in [2.45, 2.75) is 32.3 Å². The van der Waals surface area contributed by atoms with Crippen LogP contribution in [0.5, 0.6) is 5.75 Å². The number of unbranched alkanes of at least 4 members (excludes halogenated alkanes) is 1. The molecule has 3 heteroatoms. The third-order valence-electron chi connectivity index (χ3n) is 3.84. The zero-order valence-electron chi connectivity index (χ0n) is 11.8. The standard InChI is InChI=1S/C18H18O3/c19-18(20)8-4-1-5-13-9-10-16-15-7-3-2-6-14(15)12-21-17(16)11-13/h2-3,6-7,9-11H,1,4-5,8,12H2,(H,19,20). The van der Waals surface area contributed by atoms with Crippen LogP contribution in [0, 0.1) is 0 Å². The van der Waals surface area contributed by atoms with Crippen LogP contribution >= 0.6 is 0 Å². The number of aliphatic carboxylic acids is 1. The molecule has 0 unspecified atom stereocenters. The molecule has 2 aromatic rings. The number of aryl methyl sites for hydroxylation is 1. The Morgan fingerprint density at radius 2 is 1.95 bits per heavy atom. The highest BCUT2D eigenvalue weighted by atomic mass is 16.5. The van der Waals surface area contributed by atoms with Gasteiger partial charge < -0.3 is 9.84 Å². The SMILES string of the molecule is O=C(O)CCCCc1ccc2c(c1)OCc1ccccc1-2. The normalized spacial score (nSPS) is 12.2. The molecule has 0 aliphatic carbocycles. The Morgan fingerprint density at radius 1 is 1.10 bits per heavy atom. The molecule has 0 aromatic heterocycles. The van der Waals surface area contributed by atoms with Gasteiger partial charge in [-0.15, -0.1) is 0 Å². The number of carboxylic acid groups (broad SMARTS) is 1. The maximum atomic E-state index is 10.5. The number of carboxylic acids is 1. The van der Waals surface area contributed by atoms with Crippen LogP contribution in [-0.2, 0) is 17.8 Å². The first-order valence-electron chi connectivity index (χ1n) is 7.30. The van der Waals surface area contributed by atoms with Crippen LogP contribution in [0.15, 0.2) is 42.5 Å².